The Bertz CT molecular complexity index is 450. The molecule has 1 aliphatic rings. The number of piperidine rings is 1. The molecule has 5 nitrogen and oxygen atoms in total. The van der Waals surface area contributed by atoms with Crippen LogP contribution in [0.1, 0.15) is 24.8 Å². The number of para-hydroxylation sites is 1. The average molecular weight is 277 g/mol. The maximum atomic E-state index is 11.4. The number of ether oxygens (including phenoxy) is 1. The second kappa shape index (κ2) is 7.26. The summed E-state index contributed by atoms with van der Waals surface area (Å²) in [7, 11) is 0. The first-order valence-electron chi connectivity index (χ1n) is 7.16. The number of amides is 1. The molecule has 0 aliphatic carbocycles. The molecule has 20 heavy (non-hydrogen) atoms. The molecule has 1 heterocycles. The van der Waals surface area contributed by atoms with Crippen LogP contribution in [0.3, 0.4) is 0 Å². The number of primary amides is 1. The Morgan fingerprint density at radius 3 is 2.90 bits per heavy atom. The van der Waals surface area contributed by atoms with E-state index in [1.54, 1.807) is 0 Å². The van der Waals surface area contributed by atoms with Gasteiger partial charge >= 0.3 is 0 Å². The summed E-state index contributed by atoms with van der Waals surface area (Å²) in [6.45, 7) is 2.63. The van der Waals surface area contributed by atoms with E-state index in [0.29, 0.717) is 19.7 Å². The lowest BCUT2D eigenvalue weighted by atomic mass is 10.0. The van der Waals surface area contributed by atoms with Gasteiger partial charge in [-0.3, -0.25) is 9.69 Å². The molecule has 1 saturated heterocycles. The largest absolute Gasteiger partial charge is 0.492 e. The summed E-state index contributed by atoms with van der Waals surface area (Å²) in [5.41, 5.74) is 12.1. The van der Waals surface area contributed by atoms with Gasteiger partial charge in [0.1, 0.15) is 12.4 Å². The van der Waals surface area contributed by atoms with Crippen molar-refractivity contribution in [2.24, 2.45) is 11.5 Å². The summed E-state index contributed by atoms with van der Waals surface area (Å²) < 4.78 is 5.79. The molecule has 0 saturated carbocycles. The fourth-order valence-corrected chi connectivity index (χ4v) is 2.67. The van der Waals surface area contributed by atoms with Gasteiger partial charge < -0.3 is 16.2 Å². The fourth-order valence-electron chi connectivity index (χ4n) is 2.67. The van der Waals surface area contributed by atoms with Crippen molar-refractivity contribution in [2.75, 3.05) is 19.7 Å². The van der Waals surface area contributed by atoms with Gasteiger partial charge in [-0.05, 0) is 25.5 Å². The van der Waals surface area contributed by atoms with Crippen LogP contribution in [-0.4, -0.2) is 36.5 Å². The predicted molar refractivity (Wildman–Crippen MR) is 78.2 cm³/mol. The van der Waals surface area contributed by atoms with E-state index in [4.69, 9.17) is 16.2 Å². The van der Waals surface area contributed by atoms with E-state index in [2.05, 4.69) is 4.90 Å². The Kier molecular flexibility index (Phi) is 5.38. The standard InChI is InChI=1S/C15H23N3O2/c16-11-12-5-1-2-7-14(12)20-10-9-18-8-4-3-6-13(18)15(17)19/h1-2,5,7,13H,3-4,6,8-11,16H2,(H2,17,19). The van der Waals surface area contributed by atoms with Crippen molar-refractivity contribution in [2.45, 2.75) is 31.8 Å². The van der Waals surface area contributed by atoms with Gasteiger partial charge in [-0.25, -0.2) is 0 Å². The molecule has 1 aromatic rings. The predicted octanol–water partition coefficient (Wildman–Crippen LogP) is 0.864. The molecule has 1 fully saturated rings. The quantitative estimate of drug-likeness (QED) is 0.808. The lowest BCUT2D eigenvalue weighted by Crippen LogP contribution is -2.49. The summed E-state index contributed by atoms with van der Waals surface area (Å²) in [5.74, 6) is 0.592. The van der Waals surface area contributed by atoms with E-state index in [1.165, 1.54) is 0 Å². The molecular formula is C15H23N3O2. The van der Waals surface area contributed by atoms with E-state index in [1.807, 2.05) is 24.3 Å². The molecule has 1 atom stereocenters. The van der Waals surface area contributed by atoms with Crippen LogP contribution in [0.25, 0.3) is 0 Å². The summed E-state index contributed by atoms with van der Waals surface area (Å²) in [6, 6.07) is 7.62. The molecule has 110 valence electrons. The van der Waals surface area contributed by atoms with Crippen molar-refractivity contribution in [3.8, 4) is 5.75 Å². The number of nitrogens with zero attached hydrogens (tertiary/aromatic N) is 1. The normalized spacial score (nSPS) is 19.8. The minimum Gasteiger partial charge on any atom is -0.492 e. The lowest BCUT2D eigenvalue weighted by Gasteiger charge is -2.33. The van der Waals surface area contributed by atoms with E-state index in [-0.39, 0.29) is 11.9 Å². The molecule has 0 bridgehead atoms. The van der Waals surface area contributed by atoms with Crippen molar-refractivity contribution in [3.05, 3.63) is 29.8 Å². The van der Waals surface area contributed by atoms with Gasteiger partial charge in [0.25, 0.3) is 0 Å². The van der Waals surface area contributed by atoms with Crippen LogP contribution in [0.2, 0.25) is 0 Å². The maximum absolute atomic E-state index is 11.4. The zero-order chi connectivity index (χ0) is 14.4. The third kappa shape index (κ3) is 3.71. The number of benzene rings is 1. The van der Waals surface area contributed by atoms with Gasteiger partial charge in [0, 0.05) is 18.7 Å². The van der Waals surface area contributed by atoms with Crippen LogP contribution in [0, 0.1) is 0 Å². The van der Waals surface area contributed by atoms with Gasteiger partial charge in [0.2, 0.25) is 5.91 Å². The number of rotatable bonds is 6. The Labute approximate surface area is 119 Å². The van der Waals surface area contributed by atoms with Gasteiger partial charge in [0.05, 0.1) is 6.04 Å². The fraction of sp³-hybridized carbons (Fsp3) is 0.533. The Hall–Kier alpha value is -1.59. The van der Waals surface area contributed by atoms with Gasteiger partial charge in [-0.1, -0.05) is 24.6 Å². The van der Waals surface area contributed by atoms with Crippen molar-refractivity contribution in [1.29, 1.82) is 0 Å². The molecule has 1 aromatic carbocycles. The number of likely N-dealkylation sites (tertiary alicyclic amines) is 1. The monoisotopic (exact) mass is 277 g/mol. The molecule has 0 radical (unpaired) electrons. The minimum atomic E-state index is -0.230. The third-order valence-corrected chi connectivity index (χ3v) is 3.77. The minimum absolute atomic E-state index is 0.142. The number of nitrogens with two attached hydrogens (primary N) is 2. The van der Waals surface area contributed by atoms with E-state index < -0.39 is 0 Å². The summed E-state index contributed by atoms with van der Waals surface area (Å²) in [4.78, 5) is 13.5. The topological polar surface area (TPSA) is 81.6 Å². The molecule has 1 unspecified atom stereocenters. The van der Waals surface area contributed by atoms with Crippen LogP contribution >= 0.6 is 0 Å². The average Bonchev–Trinajstić information content (AvgIpc) is 2.48. The lowest BCUT2D eigenvalue weighted by molar-refractivity contribution is -0.124. The summed E-state index contributed by atoms with van der Waals surface area (Å²) in [6.07, 6.45) is 3.04. The van der Waals surface area contributed by atoms with E-state index in [0.717, 1.165) is 37.1 Å². The number of hydrogen-bond donors (Lipinski definition) is 2. The second-order valence-electron chi connectivity index (χ2n) is 5.11. The highest BCUT2D eigenvalue weighted by atomic mass is 16.5. The zero-order valence-electron chi connectivity index (χ0n) is 11.8. The zero-order valence-corrected chi connectivity index (χ0v) is 11.8. The van der Waals surface area contributed by atoms with E-state index >= 15 is 0 Å². The molecule has 1 aliphatic heterocycles. The first-order valence-corrected chi connectivity index (χ1v) is 7.16. The van der Waals surface area contributed by atoms with Crippen molar-refractivity contribution in [3.63, 3.8) is 0 Å². The summed E-state index contributed by atoms with van der Waals surface area (Å²) >= 11 is 0. The number of hydrogen-bond acceptors (Lipinski definition) is 4. The molecule has 4 N–H and O–H groups in total. The number of carbonyl (C=O) groups is 1. The van der Waals surface area contributed by atoms with Crippen molar-refractivity contribution < 1.29 is 9.53 Å². The van der Waals surface area contributed by atoms with Crippen LogP contribution in [0.4, 0.5) is 0 Å². The SMILES string of the molecule is NCc1ccccc1OCCN1CCCCC1C(N)=O. The number of carbonyl (C=O) groups excluding carboxylic acids is 1. The highest BCUT2D eigenvalue weighted by Crippen LogP contribution is 2.19. The Morgan fingerprint density at radius 1 is 1.35 bits per heavy atom. The smallest absolute Gasteiger partial charge is 0.234 e. The van der Waals surface area contributed by atoms with Gasteiger partial charge in [0.15, 0.2) is 0 Å². The molecular weight excluding hydrogens is 254 g/mol. The molecule has 5 heteroatoms. The van der Waals surface area contributed by atoms with Crippen LogP contribution in [0.5, 0.6) is 5.75 Å². The first-order chi connectivity index (χ1) is 9.72. The van der Waals surface area contributed by atoms with Gasteiger partial charge in [-0.2, -0.15) is 0 Å². The van der Waals surface area contributed by atoms with Crippen LogP contribution in [0.15, 0.2) is 24.3 Å². The highest BCUT2D eigenvalue weighted by molar-refractivity contribution is 5.79. The molecule has 0 aromatic heterocycles. The van der Waals surface area contributed by atoms with Crippen LogP contribution < -0.4 is 16.2 Å². The third-order valence-electron chi connectivity index (χ3n) is 3.77. The van der Waals surface area contributed by atoms with Crippen LogP contribution in [-0.2, 0) is 11.3 Å². The molecule has 0 spiro atoms. The molecule has 1 amide bonds. The van der Waals surface area contributed by atoms with E-state index in [9.17, 15) is 4.79 Å². The summed E-state index contributed by atoms with van der Waals surface area (Å²) in [5, 5.41) is 0. The van der Waals surface area contributed by atoms with Gasteiger partial charge in [-0.15, -0.1) is 0 Å². The maximum Gasteiger partial charge on any atom is 0.234 e. The first kappa shape index (κ1) is 14.8. The highest BCUT2D eigenvalue weighted by Gasteiger charge is 2.26. The second-order valence-corrected chi connectivity index (χ2v) is 5.11. The molecule has 2 rings (SSSR count). The Balaban J connectivity index is 1.86. The van der Waals surface area contributed by atoms with Crippen molar-refractivity contribution >= 4 is 5.91 Å². The Morgan fingerprint density at radius 2 is 2.15 bits per heavy atom. The van der Waals surface area contributed by atoms with Crippen molar-refractivity contribution in [1.82, 2.24) is 4.90 Å².